The second kappa shape index (κ2) is 8.66. The molecule has 0 unspecified atom stereocenters. The molecule has 1 amide bonds. The molecule has 9 heteroatoms. The number of fused-ring (bicyclic) bond motifs is 1. The number of pyridine rings is 1. The molecule has 1 saturated heterocycles. The molecule has 1 aliphatic rings. The number of halogens is 1. The molecule has 0 aliphatic carbocycles. The van der Waals surface area contributed by atoms with Crippen molar-refractivity contribution in [3.05, 3.63) is 42.1 Å². The Morgan fingerprint density at radius 2 is 2.29 bits per heavy atom. The number of hydrogen-bond donors (Lipinski definition) is 1. The van der Waals surface area contributed by atoms with Crippen LogP contribution in [0.2, 0.25) is 0 Å². The van der Waals surface area contributed by atoms with Crippen LogP contribution in [0.1, 0.15) is 18.7 Å². The van der Waals surface area contributed by atoms with Crippen LogP contribution in [0, 0.1) is 12.8 Å². The van der Waals surface area contributed by atoms with Crippen LogP contribution in [0.15, 0.2) is 37.2 Å². The van der Waals surface area contributed by atoms with Crippen molar-refractivity contribution in [2.75, 3.05) is 18.4 Å². The molecule has 0 bridgehead atoms. The van der Waals surface area contributed by atoms with Crippen LogP contribution in [-0.4, -0.2) is 50.7 Å². The summed E-state index contributed by atoms with van der Waals surface area (Å²) >= 11 is 1.53. The largest absolute Gasteiger partial charge is 0.469 e. The van der Waals surface area contributed by atoms with Gasteiger partial charge in [-0.05, 0) is 25.0 Å². The van der Waals surface area contributed by atoms with E-state index in [4.69, 9.17) is 4.74 Å². The van der Waals surface area contributed by atoms with Crippen LogP contribution in [0.4, 0.5) is 15.3 Å². The molecule has 164 valence electrons. The Balaban J connectivity index is 1.68. The van der Waals surface area contributed by atoms with Gasteiger partial charge >= 0.3 is 0 Å². The van der Waals surface area contributed by atoms with Gasteiger partial charge in [-0.15, -0.1) is 11.3 Å². The molecule has 4 rings (SSSR count). The van der Waals surface area contributed by atoms with Crippen LogP contribution < -0.4 is 10.1 Å². The number of aryl methyl sites for hydroxylation is 1. The van der Waals surface area contributed by atoms with Gasteiger partial charge in [0.2, 0.25) is 11.8 Å². The van der Waals surface area contributed by atoms with Crippen molar-refractivity contribution < 1.29 is 13.9 Å². The Morgan fingerprint density at radius 1 is 1.48 bits per heavy atom. The van der Waals surface area contributed by atoms with Crippen LogP contribution >= 0.6 is 11.3 Å². The van der Waals surface area contributed by atoms with Gasteiger partial charge in [0.15, 0.2) is 17.4 Å². The summed E-state index contributed by atoms with van der Waals surface area (Å²) in [4.78, 5) is 23.3. The Hall–Kier alpha value is -2.94. The molecule has 4 heterocycles. The van der Waals surface area contributed by atoms with Crippen molar-refractivity contribution in [3.8, 4) is 5.88 Å². The maximum Gasteiger partial charge on any atom is 0.246 e. The fourth-order valence-electron chi connectivity index (χ4n) is 3.68. The number of aromatic nitrogens is 3. The summed E-state index contributed by atoms with van der Waals surface area (Å²) in [6, 6.07) is 3.89. The summed E-state index contributed by atoms with van der Waals surface area (Å²) < 4.78 is 22.8. The summed E-state index contributed by atoms with van der Waals surface area (Å²) in [7, 11) is 0. The molecule has 2 atom stereocenters. The van der Waals surface area contributed by atoms with Gasteiger partial charge in [-0.25, -0.2) is 9.37 Å². The predicted octanol–water partition coefficient (Wildman–Crippen LogP) is 4.31. The molecule has 31 heavy (non-hydrogen) atoms. The molecular formula is C22H26FN5O2S. The van der Waals surface area contributed by atoms with E-state index in [9.17, 15) is 9.18 Å². The van der Waals surface area contributed by atoms with Gasteiger partial charge in [-0.2, -0.15) is 4.98 Å². The second-order valence-corrected chi connectivity index (χ2v) is 9.36. The topological polar surface area (TPSA) is 72.3 Å². The number of likely N-dealkylation sites (tertiary alicyclic amines) is 1. The van der Waals surface area contributed by atoms with Crippen molar-refractivity contribution in [1.82, 2.24) is 19.4 Å². The summed E-state index contributed by atoms with van der Waals surface area (Å²) in [6.45, 7) is 10.7. The third-order valence-corrected chi connectivity index (χ3v) is 5.93. The van der Waals surface area contributed by atoms with Crippen molar-refractivity contribution in [2.24, 2.45) is 5.92 Å². The number of rotatable bonds is 7. The van der Waals surface area contributed by atoms with Gasteiger partial charge in [-0.1, -0.05) is 20.4 Å². The van der Waals surface area contributed by atoms with E-state index in [1.165, 1.54) is 22.3 Å². The van der Waals surface area contributed by atoms with Gasteiger partial charge in [0, 0.05) is 29.9 Å². The van der Waals surface area contributed by atoms with Crippen molar-refractivity contribution in [3.63, 3.8) is 0 Å². The first-order valence-electron chi connectivity index (χ1n) is 10.3. The van der Waals surface area contributed by atoms with Crippen molar-refractivity contribution in [1.29, 1.82) is 0 Å². The minimum absolute atomic E-state index is 0.0106. The van der Waals surface area contributed by atoms with Gasteiger partial charge in [0.25, 0.3) is 0 Å². The molecule has 0 spiro atoms. The monoisotopic (exact) mass is 443 g/mol. The summed E-state index contributed by atoms with van der Waals surface area (Å²) in [5.74, 6) is 1.07. The normalized spacial score (nSPS) is 18.7. The summed E-state index contributed by atoms with van der Waals surface area (Å²) in [6.07, 6.45) is 2.90. The molecule has 1 N–H and O–H groups in total. The number of nitrogens with zero attached hydrogens (tertiary/aromatic N) is 4. The van der Waals surface area contributed by atoms with Crippen LogP contribution in [0.3, 0.4) is 0 Å². The van der Waals surface area contributed by atoms with E-state index >= 15 is 0 Å². The third-order valence-electron chi connectivity index (χ3n) is 5.10. The quantitative estimate of drug-likeness (QED) is 0.551. The lowest BCUT2D eigenvalue weighted by molar-refractivity contribution is -0.125. The van der Waals surface area contributed by atoms with Gasteiger partial charge in [0.1, 0.15) is 5.82 Å². The Kier molecular flexibility index (Phi) is 5.95. The second-order valence-electron chi connectivity index (χ2n) is 8.13. The number of carbonyl (C=O) groups is 1. The molecular weight excluding hydrogens is 417 g/mol. The first-order chi connectivity index (χ1) is 14.8. The molecule has 3 aromatic heterocycles. The first-order valence-corrected chi connectivity index (χ1v) is 11.1. The number of thiazole rings is 1. The standard InChI is InChI=1S/C22H26FN5O2S/c1-5-20(29)28-11-16(23)18(12-28)30-21-15-6-7-27(10-13(2)3)17(15)8-19(25-21)26-22-24-9-14(4)31-22/h5-9,13,16,18H,1,10-12H2,2-4H3,(H,24,25,26)/t16-,18+/m1/s1. The maximum atomic E-state index is 14.6. The highest BCUT2D eigenvalue weighted by atomic mass is 32.1. The number of alkyl halides is 1. The fourth-order valence-corrected chi connectivity index (χ4v) is 4.36. The molecule has 1 aliphatic heterocycles. The molecule has 1 fully saturated rings. The minimum atomic E-state index is -1.29. The fraction of sp³-hybridized carbons (Fsp3) is 0.409. The van der Waals surface area contributed by atoms with E-state index in [0.29, 0.717) is 17.6 Å². The van der Waals surface area contributed by atoms with Crippen LogP contribution in [0.5, 0.6) is 5.88 Å². The first kappa shape index (κ1) is 21.3. The zero-order chi connectivity index (χ0) is 22.1. The SMILES string of the molecule is C=CC(=O)N1C[C@@H](F)[C@@H](Oc2nc(Nc3ncc(C)s3)cc3c2ccn3CC(C)C)C1. The summed E-state index contributed by atoms with van der Waals surface area (Å²) in [5, 5.41) is 4.77. The molecule has 3 aromatic rings. The van der Waals surface area contributed by atoms with Gasteiger partial charge in [0.05, 0.1) is 24.0 Å². The highest BCUT2D eigenvalue weighted by molar-refractivity contribution is 7.15. The van der Waals surface area contributed by atoms with E-state index < -0.39 is 12.3 Å². The highest BCUT2D eigenvalue weighted by Gasteiger charge is 2.37. The number of anilines is 2. The van der Waals surface area contributed by atoms with E-state index in [0.717, 1.165) is 27.5 Å². The summed E-state index contributed by atoms with van der Waals surface area (Å²) in [5.41, 5.74) is 0.946. The zero-order valence-electron chi connectivity index (χ0n) is 17.8. The molecule has 0 radical (unpaired) electrons. The molecule has 7 nitrogen and oxygen atoms in total. The number of amides is 1. The van der Waals surface area contributed by atoms with E-state index in [1.54, 1.807) is 6.20 Å². The lowest BCUT2D eigenvalue weighted by atomic mass is 10.2. The molecule has 0 aromatic carbocycles. The van der Waals surface area contributed by atoms with E-state index in [-0.39, 0.29) is 19.0 Å². The average Bonchev–Trinajstić information content (AvgIpc) is 3.41. The lowest BCUT2D eigenvalue weighted by Gasteiger charge is -2.17. The third kappa shape index (κ3) is 4.56. The Morgan fingerprint density at radius 3 is 2.97 bits per heavy atom. The average molecular weight is 444 g/mol. The van der Waals surface area contributed by atoms with Crippen LogP contribution in [-0.2, 0) is 11.3 Å². The lowest BCUT2D eigenvalue weighted by Crippen LogP contribution is -2.30. The van der Waals surface area contributed by atoms with Crippen LogP contribution in [0.25, 0.3) is 10.9 Å². The number of nitrogens with one attached hydrogen (secondary N) is 1. The minimum Gasteiger partial charge on any atom is -0.469 e. The maximum absolute atomic E-state index is 14.6. The van der Waals surface area contributed by atoms with Gasteiger partial charge < -0.3 is 19.5 Å². The highest BCUT2D eigenvalue weighted by Crippen LogP contribution is 2.32. The van der Waals surface area contributed by atoms with E-state index in [2.05, 4.69) is 40.3 Å². The number of ether oxygens (including phenoxy) is 1. The number of hydrogen-bond acceptors (Lipinski definition) is 6. The Labute approximate surface area is 184 Å². The molecule has 0 saturated carbocycles. The predicted molar refractivity (Wildman–Crippen MR) is 121 cm³/mol. The van der Waals surface area contributed by atoms with Crippen molar-refractivity contribution >= 4 is 39.1 Å². The van der Waals surface area contributed by atoms with Gasteiger partial charge in [-0.3, -0.25) is 4.79 Å². The Bertz CT molecular complexity index is 1110. The van der Waals surface area contributed by atoms with E-state index in [1.807, 2.05) is 25.3 Å². The smallest absolute Gasteiger partial charge is 0.246 e. The zero-order valence-corrected chi connectivity index (χ0v) is 18.7. The van der Waals surface area contributed by atoms with Crippen molar-refractivity contribution in [2.45, 2.75) is 39.6 Å². The number of carbonyl (C=O) groups excluding carboxylic acids is 1.